The van der Waals surface area contributed by atoms with Gasteiger partial charge in [-0.1, -0.05) is 6.07 Å². The van der Waals surface area contributed by atoms with Crippen molar-refractivity contribution in [3.63, 3.8) is 0 Å². The Kier molecular flexibility index (Phi) is 7.11. The average molecular weight is 481 g/mol. The number of pyridine rings is 1. The van der Waals surface area contributed by atoms with Crippen LogP contribution in [0.1, 0.15) is 42.3 Å². The number of aromatic nitrogens is 1. The number of aryl methyl sites for hydroxylation is 2. The number of aliphatic hydroxyl groups excluding tert-OH is 1. The van der Waals surface area contributed by atoms with Crippen molar-refractivity contribution in [3.8, 4) is 11.5 Å². The fourth-order valence-corrected chi connectivity index (χ4v) is 5.45. The molecule has 3 aliphatic heterocycles. The van der Waals surface area contributed by atoms with Gasteiger partial charge < -0.3 is 29.7 Å². The first-order valence-corrected chi connectivity index (χ1v) is 12.8. The van der Waals surface area contributed by atoms with Crippen molar-refractivity contribution in [1.82, 2.24) is 15.2 Å². The second-order valence-corrected chi connectivity index (χ2v) is 10.0. The number of fused-ring (bicyclic) bond motifs is 1. The van der Waals surface area contributed by atoms with E-state index in [-0.39, 0.29) is 11.8 Å². The molecule has 35 heavy (non-hydrogen) atoms. The zero-order valence-electron chi connectivity index (χ0n) is 20.7. The van der Waals surface area contributed by atoms with E-state index < -0.39 is 12.1 Å². The van der Waals surface area contributed by atoms with Gasteiger partial charge in [0.15, 0.2) is 11.5 Å². The highest BCUT2D eigenvalue weighted by Gasteiger charge is 2.33. The molecule has 2 aromatic rings. The maximum Gasteiger partial charge on any atom is 0.225 e. The molecule has 8 heteroatoms. The summed E-state index contributed by atoms with van der Waals surface area (Å²) in [6.07, 6.45) is 2.27. The van der Waals surface area contributed by atoms with E-state index in [4.69, 9.17) is 9.47 Å². The quantitative estimate of drug-likeness (QED) is 0.630. The molecule has 3 atom stereocenters. The van der Waals surface area contributed by atoms with Crippen LogP contribution in [0.2, 0.25) is 0 Å². The lowest BCUT2D eigenvalue weighted by atomic mass is 9.99. The van der Waals surface area contributed by atoms with Gasteiger partial charge in [-0.25, -0.2) is 0 Å². The third-order valence-electron chi connectivity index (χ3n) is 7.26. The highest BCUT2D eigenvalue weighted by molar-refractivity contribution is 5.80. The summed E-state index contributed by atoms with van der Waals surface area (Å²) in [5, 5.41) is 14.6. The van der Waals surface area contributed by atoms with Gasteiger partial charge in [0.05, 0.1) is 12.0 Å². The molecule has 0 aliphatic carbocycles. The second kappa shape index (κ2) is 10.4. The molecule has 3 aliphatic rings. The minimum Gasteiger partial charge on any atom is -0.486 e. The summed E-state index contributed by atoms with van der Waals surface area (Å²) in [5.41, 5.74) is 3.83. The lowest BCUT2D eigenvalue weighted by Gasteiger charge is -2.30. The Labute approximate surface area is 207 Å². The summed E-state index contributed by atoms with van der Waals surface area (Å²) in [6.45, 7) is 9.15. The maximum atomic E-state index is 13.4. The number of carbonyl (C=O) groups excluding carboxylic acids is 1. The number of nitrogens with one attached hydrogen (secondary N) is 1. The molecule has 188 valence electrons. The van der Waals surface area contributed by atoms with Crippen molar-refractivity contribution in [2.75, 3.05) is 50.8 Å². The molecule has 0 saturated carbocycles. The van der Waals surface area contributed by atoms with Crippen LogP contribution in [-0.4, -0.2) is 72.9 Å². The van der Waals surface area contributed by atoms with Gasteiger partial charge in [-0.3, -0.25) is 9.78 Å². The van der Waals surface area contributed by atoms with Gasteiger partial charge in [0.2, 0.25) is 5.91 Å². The van der Waals surface area contributed by atoms with Gasteiger partial charge in [-0.15, -0.1) is 0 Å². The number of nitrogens with zero attached hydrogens (tertiary/aromatic N) is 3. The third-order valence-corrected chi connectivity index (χ3v) is 7.26. The molecule has 0 bridgehead atoms. The first kappa shape index (κ1) is 23.9. The molecule has 2 saturated heterocycles. The van der Waals surface area contributed by atoms with Gasteiger partial charge in [-0.05, 0) is 76.0 Å². The Hall–Kier alpha value is -2.84. The minimum absolute atomic E-state index is 0.00999. The van der Waals surface area contributed by atoms with Crippen molar-refractivity contribution in [3.05, 3.63) is 47.3 Å². The largest absolute Gasteiger partial charge is 0.486 e. The average Bonchev–Trinajstić information content (AvgIpc) is 3.55. The van der Waals surface area contributed by atoms with E-state index in [1.165, 1.54) is 0 Å². The summed E-state index contributed by atoms with van der Waals surface area (Å²) in [6, 6.07) is 9.31. The first-order valence-electron chi connectivity index (χ1n) is 12.8. The van der Waals surface area contributed by atoms with E-state index in [9.17, 15) is 9.90 Å². The SMILES string of the molecule is Cc1cc(N2CC[C@H](C(=O)NC(CN3CCCC3)C(O)c3ccc4c(c3)OCCO4)C2)cc(C)n1. The van der Waals surface area contributed by atoms with Crippen LogP contribution in [0.15, 0.2) is 30.3 Å². The number of carbonyl (C=O) groups is 1. The number of amides is 1. The van der Waals surface area contributed by atoms with Crippen LogP contribution >= 0.6 is 0 Å². The topological polar surface area (TPSA) is 87.2 Å². The number of anilines is 1. The van der Waals surface area contributed by atoms with Crippen LogP contribution in [0, 0.1) is 19.8 Å². The van der Waals surface area contributed by atoms with Crippen LogP contribution in [0.25, 0.3) is 0 Å². The summed E-state index contributed by atoms with van der Waals surface area (Å²) >= 11 is 0. The van der Waals surface area contributed by atoms with Crippen LogP contribution in [0.4, 0.5) is 5.69 Å². The Morgan fingerprint density at radius 2 is 1.80 bits per heavy atom. The van der Waals surface area contributed by atoms with Crippen LogP contribution in [-0.2, 0) is 4.79 Å². The van der Waals surface area contributed by atoms with Crippen LogP contribution in [0.3, 0.4) is 0 Å². The van der Waals surface area contributed by atoms with E-state index in [1.54, 1.807) is 0 Å². The zero-order chi connectivity index (χ0) is 24.4. The van der Waals surface area contributed by atoms with E-state index in [2.05, 4.69) is 32.2 Å². The fourth-order valence-electron chi connectivity index (χ4n) is 5.45. The second-order valence-electron chi connectivity index (χ2n) is 10.0. The summed E-state index contributed by atoms with van der Waals surface area (Å²) in [4.78, 5) is 22.4. The number of hydrogen-bond acceptors (Lipinski definition) is 7. The van der Waals surface area contributed by atoms with Gasteiger partial charge in [-0.2, -0.15) is 0 Å². The van der Waals surface area contributed by atoms with Crippen molar-refractivity contribution >= 4 is 11.6 Å². The highest BCUT2D eigenvalue weighted by atomic mass is 16.6. The van der Waals surface area contributed by atoms with Crippen LogP contribution in [0.5, 0.6) is 11.5 Å². The lowest BCUT2D eigenvalue weighted by Crippen LogP contribution is -2.48. The zero-order valence-corrected chi connectivity index (χ0v) is 20.7. The number of aliphatic hydroxyl groups is 1. The smallest absolute Gasteiger partial charge is 0.225 e. The Morgan fingerprint density at radius 1 is 1.09 bits per heavy atom. The molecule has 0 spiro atoms. The normalized spacial score (nSPS) is 21.7. The van der Waals surface area contributed by atoms with Crippen molar-refractivity contribution in [2.45, 2.75) is 45.3 Å². The highest BCUT2D eigenvalue weighted by Crippen LogP contribution is 2.34. The van der Waals surface area contributed by atoms with E-state index in [1.807, 2.05) is 32.0 Å². The molecule has 2 unspecified atom stereocenters. The Balaban J connectivity index is 1.28. The third kappa shape index (κ3) is 5.54. The molecule has 0 radical (unpaired) electrons. The molecule has 1 amide bonds. The summed E-state index contributed by atoms with van der Waals surface area (Å²) in [5.74, 6) is 1.24. The molecular formula is C27H36N4O4. The number of rotatable bonds is 7. The molecule has 1 aromatic heterocycles. The van der Waals surface area contributed by atoms with Crippen LogP contribution < -0.4 is 19.7 Å². The fraction of sp³-hybridized carbons (Fsp3) is 0.556. The van der Waals surface area contributed by atoms with Crippen molar-refractivity contribution in [1.29, 1.82) is 0 Å². The van der Waals surface area contributed by atoms with E-state index >= 15 is 0 Å². The molecule has 4 heterocycles. The van der Waals surface area contributed by atoms with E-state index in [0.29, 0.717) is 37.8 Å². The van der Waals surface area contributed by atoms with Gasteiger partial charge in [0.1, 0.15) is 19.3 Å². The number of ether oxygens (including phenoxy) is 2. The molecule has 5 rings (SSSR count). The molecule has 2 N–H and O–H groups in total. The van der Waals surface area contributed by atoms with Crippen molar-refractivity contribution in [2.24, 2.45) is 5.92 Å². The summed E-state index contributed by atoms with van der Waals surface area (Å²) < 4.78 is 11.3. The number of hydrogen-bond donors (Lipinski definition) is 2. The summed E-state index contributed by atoms with van der Waals surface area (Å²) in [7, 11) is 0. The predicted molar refractivity (Wildman–Crippen MR) is 134 cm³/mol. The number of likely N-dealkylation sites (tertiary alicyclic amines) is 1. The lowest BCUT2D eigenvalue weighted by molar-refractivity contribution is -0.126. The maximum absolute atomic E-state index is 13.4. The number of benzene rings is 1. The predicted octanol–water partition coefficient (Wildman–Crippen LogP) is 2.61. The van der Waals surface area contributed by atoms with Gasteiger partial charge in [0.25, 0.3) is 0 Å². The molecule has 8 nitrogen and oxygen atoms in total. The Bertz CT molecular complexity index is 1040. The molecule has 1 aromatic carbocycles. The first-order chi connectivity index (χ1) is 17.0. The standard InChI is InChI=1S/C27H36N4O4/c1-18-13-22(14-19(2)28-18)31-10-7-21(16-31)27(33)29-23(17-30-8-3-4-9-30)26(32)20-5-6-24-25(15-20)35-12-11-34-24/h5-6,13-15,21,23,26,32H,3-4,7-12,16-17H2,1-2H3,(H,29,33)/t21-,23?,26?/m0/s1. The minimum atomic E-state index is -0.835. The van der Waals surface area contributed by atoms with Gasteiger partial charge in [0, 0.05) is 36.7 Å². The van der Waals surface area contributed by atoms with Crippen molar-refractivity contribution < 1.29 is 19.4 Å². The molecule has 2 fully saturated rings. The van der Waals surface area contributed by atoms with Gasteiger partial charge >= 0.3 is 0 Å². The van der Waals surface area contributed by atoms with E-state index in [0.717, 1.165) is 61.5 Å². The monoisotopic (exact) mass is 480 g/mol. The molecular weight excluding hydrogens is 444 g/mol. The Morgan fingerprint density at radius 3 is 2.54 bits per heavy atom.